The number of hydrogen-bond donors (Lipinski definition) is 1. The van der Waals surface area contributed by atoms with Crippen LogP contribution in [0.1, 0.15) is 23.6 Å². The summed E-state index contributed by atoms with van der Waals surface area (Å²) in [6.45, 7) is 1.37. The van der Waals surface area contributed by atoms with Crippen LogP contribution in [0.25, 0.3) is 22.3 Å². The van der Waals surface area contributed by atoms with Crippen LogP contribution in [0, 0.1) is 0 Å². The molecule has 4 aromatic rings. The summed E-state index contributed by atoms with van der Waals surface area (Å²) in [4.78, 5) is 26.6. The monoisotopic (exact) mass is 373 g/mol. The number of rotatable bonds is 4. The molecule has 0 saturated heterocycles. The minimum absolute atomic E-state index is 0.108. The summed E-state index contributed by atoms with van der Waals surface area (Å²) in [5.74, 6) is 1.08. The maximum atomic E-state index is 12.7. The van der Waals surface area contributed by atoms with E-state index in [0.717, 1.165) is 24.0 Å². The van der Waals surface area contributed by atoms with Gasteiger partial charge in [0.25, 0.3) is 0 Å². The Morgan fingerprint density at radius 3 is 3.04 bits per heavy atom. The number of nitrogens with zero attached hydrogens (tertiary/aromatic N) is 4. The SMILES string of the molecule is O=C(CCc1nc(-c2cccnc2)no1)N1CCc2[nH]c3ccccc3c2C1. The zero-order chi connectivity index (χ0) is 18.9. The molecular weight excluding hydrogens is 354 g/mol. The van der Waals surface area contributed by atoms with Crippen LogP contribution in [0.5, 0.6) is 0 Å². The van der Waals surface area contributed by atoms with Crippen molar-refractivity contribution in [2.75, 3.05) is 6.54 Å². The molecule has 0 bridgehead atoms. The smallest absolute Gasteiger partial charge is 0.227 e. The van der Waals surface area contributed by atoms with Crippen LogP contribution in [0.3, 0.4) is 0 Å². The molecule has 5 rings (SSSR count). The van der Waals surface area contributed by atoms with Gasteiger partial charge in [0.2, 0.25) is 17.6 Å². The minimum atomic E-state index is 0.108. The molecule has 7 nitrogen and oxygen atoms in total. The normalized spacial score (nSPS) is 13.6. The highest BCUT2D eigenvalue weighted by Gasteiger charge is 2.24. The van der Waals surface area contributed by atoms with Gasteiger partial charge in [-0.3, -0.25) is 9.78 Å². The summed E-state index contributed by atoms with van der Waals surface area (Å²) < 4.78 is 5.29. The van der Waals surface area contributed by atoms with E-state index in [1.54, 1.807) is 12.4 Å². The lowest BCUT2D eigenvalue weighted by Gasteiger charge is -2.27. The van der Waals surface area contributed by atoms with Crippen LogP contribution in [-0.2, 0) is 24.2 Å². The Morgan fingerprint density at radius 2 is 2.14 bits per heavy atom. The first-order chi connectivity index (χ1) is 13.8. The third kappa shape index (κ3) is 3.05. The van der Waals surface area contributed by atoms with E-state index in [4.69, 9.17) is 4.52 Å². The summed E-state index contributed by atoms with van der Waals surface area (Å²) in [6, 6.07) is 11.9. The van der Waals surface area contributed by atoms with Gasteiger partial charge in [0.1, 0.15) is 0 Å². The number of nitrogens with one attached hydrogen (secondary N) is 1. The number of carbonyl (C=O) groups is 1. The second-order valence-corrected chi connectivity index (χ2v) is 6.95. The second-order valence-electron chi connectivity index (χ2n) is 6.95. The van der Waals surface area contributed by atoms with Gasteiger partial charge in [0.05, 0.1) is 0 Å². The predicted octanol–water partition coefficient (Wildman–Crippen LogP) is 3.13. The summed E-state index contributed by atoms with van der Waals surface area (Å²) in [5, 5.41) is 5.18. The number of carbonyl (C=O) groups excluding carboxylic acids is 1. The first-order valence-corrected chi connectivity index (χ1v) is 9.37. The molecule has 4 heterocycles. The summed E-state index contributed by atoms with van der Waals surface area (Å²) >= 11 is 0. The summed E-state index contributed by atoms with van der Waals surface area (Å²) in [5.41, 5.74) is 4.40. The van der Waals surface area contributed by atoms with Crippen molar-refractivity contribution in [3.05, 3.63) is 65.9 Å². The second kappa shape index (κ2) is 6.92. The van der Waals surface area contributed by atoms with E-state index in [1.807, 2.05) is 29.2 Å². The van der Waals surface area contributed by atoms with Crippen molar-refractivity contribution in [1.82, 2.24) is 25.0 Å². The molecule has 1 aliphatic rings. The Kier molecular flexibility index (Phi) is 4.12. The molecule has 0 saturated carbocycles. The third-order valence-corrected chi connectivity index (χ3v) is 5.18. The Morgan fingerprint density at radius 1 is 1.21 bits per heavy atom. The fourth-order valence-corrected chi connectivity index (χ4v) is 3.72. The molecule has 0 spiro atoms. The Hall–Kier alpha value is -3.48. The number of benzene rings is 1. The van der Waals surface area contributed by atoms with E-state index in [1.165, 1.54) is 16.6 Å². The number of para-hydroxylation sites is 1. The van der Waals surface area contributed by atoms with Crippen molar-refractivity contribution in [1.29, 1.82) is 0 Å². The number of aromatic nitrogens is 4. The lowest BCUT2D eigenvalue weighted by molar-refractivity contribution is -0.132. The van der Waals surface area contributed by atoms with Crippen molar-refractivity contribution in [3.63, 3.8) is 0 Å². The van der Waals surface area contributed by atoms with Gasteiger partial charge in [-0.25, -0.2) is 0 Å². The van der Waals surface area contributed by atoms with Crippen molar-refractivity contribution in [3.8, 4) is 11.4 Å². The average molecular weight is 373 g/mol. The lowest BCUT2D eigenvalue weighted by Crippen LogP contribution is -2.35. The minimum Gasteiger partial charge on any atom is -0.358 e. The van der Waals surface area contributed by atoms with E-state index >= 15 is 0 Å². The standard InChI is InChI=1S/C21H19N5O2/c27-20(8-7-19-24-21(25-28-19)14-4-3-10-22-12-14)26-11-9-18-16(13-26)15-5-1-2-6-17(15)23-18/h1-6,10,12,23H,7-9,11,13H2. The van der Waals surface area contributed by atoms with Crippen molar-refractivity contribution in [2.45, 2.75) is 25.8 Å². The molecule has 1 aromatic carbocycles. The topological polar surface area (TPSA) is 87.9 Å². The quantitative estimate of drug-likeness (QED) is 0.594. The average Bonchev–Trinajstić information content (AvgIpc) is 3.37. The summed E-state index contributed by atoms with van der Waals surface area (Å²) in [7, 11) is 0. The molecule has 7 heteroatoms. The van der Waals surface area contributed by atoms with Gasteiger partial charge in [0, 0.05) is 72.5 Å². The molecule has 1 amide bonds. The molecule has 1 aliphatic heterocycles. The first kappa shape index (κ1) is 16.7. The maximum Gasteiger partial charge on any atom is 0.227 e. The predicted molar refractivity (Wildman–Crippen MR) is 103 cm³/mol. The van der Waals surface area contributed by atoms with Gasteiger partial charge in [0.15, 0.2) is 0 Å². The van der Waals surface area contributed by atoms with Crippen LogP contribution in [0.4, 0.5) is 0 Å². The molecule has 0 unspecified atom stereocenters. The number of hydrogen-bond acceptors (Lipinski definition) is 5. The highest BCUT2D eigenvalue weighted by molar-refractivity contribution is 5.86. The van der Waals surface area contributed by atoms with E-state index in [9.17, 15) is 4.79 Å². The highest BCUT2D eigenvalue weighted by Crippen LogP contribution is 2.28. The Balaban J connectivity index is 1.25. The van der Waals surface area contributed by atoms with Crippen molar-refractivity contribution >= 4 is 16.8 Å². The molecule has 28 heavy (non-hydrogen) atoms. The Labute approximate surface area is 161 Å². The number of aromatic amines is 1. The number of aryl methyl sites for hydroxylation is 1. The molecule has 140 valence electrons. The van der Waals surface area contributed by atoms with Gasteiger partial charge >= 0.3 is 0 Å². The van der Waals surface area contributed by atoms with Crippen molar-refractivity contribution in [2.24, 2.45) is 0 Å². The van der Waals surface area contributed by atoms with Crippen LogP contribution >= 0.6 is 0 Å². The largest absolute Gasteiger partial charge is 0.358 e. The zero-order valence-corrected chi connectivity index (χ0v) is 15.3. The Bertz CT molecular complexity index is 1130. The third-order valence-electron chi connectivity index (χ3n) is 5.18. The zero-order valence-electron chi connectivity index (χ0n) is 15.3. The number of pyridine rings is 1. The van der Waals surface area contributed by atoms with Gasteiger partial charge in [-0.05, 0) is 18.2 Å². The molecule has 0 aliphatic carbocycles. The molecular formula is C21H19N5O2. The fraction of sp³-hybridized carbons (Fsp3) is 0.238. The van der Waals surface area contributed by atoms with E-state index < -0.39 is 0 Å². The molecule has 0 atom stereocenters. The van der Waals surface area contributed by atoms with Gasteiger partial charge in [-0.2, -0.15) is 4.98 Å². The van der Waals surface area contributed by atoms with Gasteiger partial charge in [-0.1, -0.05) is 23.4 Å². The number of fused-ring (bicyclic) bond motifs is 3. The number of amides is 1. The molecule has 1 N–H and O–H groups in total. The lowest BCUT2D eigenvalue weighted by atomic mass is 10.0. The summed E-state index contributed by atoms with van der Waals surface area (Å²) in [6.07, 6.45) is 5.02. The van der Waals surface area contributed by atoms with Crippen LogP contribution < -0.4 is 0 Å². The molecule has 3 aromatic heterocycles. The number of H-pyrrole nitrogens is 1. The van der Waals surface area contributed by atoms with E-state index in [0.29, 0.717) is 31.1 Å². The van der Waals surface area contributed by atoms with Gasteiger partial charge in [-0.15, -0.1) is 0 Å². The molecule has 0 radical (unpaired) electrons. The van der Waals surface area contributed by atoms with E-state index in [-0.39, 0.29) is 5.91 Å². The van der Waals surface area contributed by atoms with Crippen LogP contribution in [0.15, 0.2) is 53.3 Å². The van der Waals surface area contributed by atoms with Crippen LogP contribution in [-0.4, -0.2) is 37.5 Å². The maximum absolute atomic E-state index is 12.7. The highest BCUT2D eigenvalue weighted by atomic mass is 16.5. The fourth-order valence-electron chi connectivity index (χ4n) is 3.72. The molecule has 0 fully saturated rings. The van der Waals surface area contributed by atoms with Crippen LogP contribution in [0.2, 0.25) is 0 Å². The first-order valence-electron chi connectivity index (χ1n) is 9.37. The van der Waals surface area contributed by atoms with Crippen molar-refractivity contribution < 1.29 is 9.32 Å². The van der Waals surface area contributed by atoms with Gasteiger partial charge < -0.3 is 14.4 Å². The van der Waals surface area contributed by atoms with E-state index in [2.05, 4.69) is 32.2 Å².